The number of nitrogens with one attached hydrogen (secondary N) is 1. The van der Waals surface area contributed by atoms with Gasteiger partial charge in [0, 0.05) is 40.3 Å². The number of ether oxygens (including phenoxy) is 4. The molecule has 1 aromatic rings. The van der Waals surface area contributed by atoms with Gasteiger partial charge in [0.05, 0.1) is 13.2 Å². The van der Waals surface area contributed by atoms with Crippen molar-refractivity contribution in [3.63, 3.8) is 0 Å². The predicted molar refractivity (Wildman–Crippen MR) is 123 cm³/mol. The van der Waals surface area contributed by atoms with E-state index in [9.17, 15) is 14.4 Å². The molecular formula is C23H38N2O8. The van der Waals surface area contributed by atoms with Crippen LogP contribution in [0.3, 0.4) is 0 Å². The maximum Gasteiger partial charge on any atom is 0.410 e. The summed E-state index contributed by atoms with van der Waals surface area (Å²) < 4.78 is 19.8. The topological polar surface area (TPSA) is 124 Å². The maximum atomic E-state index is 11.6. The van der Waals surface area contributed by atoms with E-state index in [4.69, 9.17) is 19.3 Å². The minimum Gasteiger partial charge on any atom is -0.481 e. The Morgan fingerprint density at radius 1 is 1.12 bits per heavy atom. The lowest BCUT2D eigenvalue weighted by atomic mass is 10.2. The number of hydrogen-bond acceptors (Lipinski definition) is 7. The first kappa shape index (κ1) is 30.1. The quantitative estimate of drug-likeness (QED) is 0.607. The number of benzene rings is 1. The first-order chi connectivity index (χ1) is 15.6. The van der Waals surface area contributed by atoms with Crippen LogP contribution in [0.15, 0.2) is 30.3 Å². The molecule has 0 spiro atoms. The molecule has 1 saturated heterocycles. The molecule has 1 aliphatic rings. The molecule has 0 radical (unpaired) electrons. The highest BCUT2D eigenvalue weighted by Crippen LogP contribution is 2.06. The molecular weight excluding hydrogens is 432 g/mol. The molecule has 0 bridgehead atoms. The number of nitrogens with zero attached hydrogens (tertiary/aromatic N) is 1. The molecule has 1 fully saturated rings. The van der Waals surface area contributed by atoms with Crippen LogP contribution in [0.2, 0.25) is 0 Å². The van der Waals surface area contributed by atoms with Gasteiger partial charge in [-0.1, -0.05) is 30.3 Å². The number of amides is 2. The smallest absolute Gasteiger partial charge is 0.410 e. The zero-order valence-corrected chi connectivity index (χ0v) is 20.3. The lowest BCUT2D eigenvalue weighted by Crippen LogP contribution is -2.40. The molecule has 10 nitrogen and oxygen atoms in total. The van der Waals surface area contributed by atoms with Gasteiger partial charge < -0.3 is 34.3 Å². The summed E-state index contributed by atoms with van der Waals surface area (Å²) in [6, 6.07) is 9.67. The van der Waals surface area contributed by atoms with Crippen molar-refractivity contribution in [3.8, 4) is 0 Å². The fourth-order valence-electron chi connectivity index (χ4n) is 2.25. The van der Waals surface area contributed by atoms with E-state index in [1.165, 1.54) is 7.05 Å². The normalized spacial score (nSPS) is 12.8. The van der Waals surface area contributed by atoms with Gasteiger partial charge in [0.2, 0.25) is 0 Å². The van der Waals surface area contributed by atoms with Crippen LogP contribution in [0.25, 0.3) is 0 Å². The van der Waals surface area contributed by atoms with Gasteiger partial charge in [0.15, 0.2) is 0 Å². The number of hydrogen-bond donors (Lipinski definition) is 2. The van der Waals surface area contributed by atoms with Crippen LogP contribution >= 0.6 is 0 Å². The number of carbonyl (C=O) groups is 3. The number of methoxy groups -OCH3 is 1. The molecule has 188 valence electrons. The monoisotopic (exact) mass is 470 g/mol. The van der Waals surface area contributed by atoms with E-state index in [0.717, 1.165) is 5.56 Å². The van der Waals surface area contributed by atoms with Gasteiger partial charge >= 0.3 is 18.2 Å². The molecule has 0 atom stereocenters. The molecule has 2 N–H and O–H groups in total. The maximum absolute atomic E-state index is 11.6. The summed E-state index contributed by atoms with van der Waals surface area (Å²) in [5.74, 6) is -0.762. The summed E-state index contributed by atoms with van der Waals surface area (Å²) in [6.45, 7) is 8.76. The summed E-state index contributed by atoms with van der Waals surface area (Å²) in [7, 11) is 3.09. The van der Waals surface area contributed by atoms with Crippen molar-refractivity contribution in [3.05, 3.63) is 35.9 Å². The van der Waals surface area contributed by atoms with Crippen molar-refractivity contribution in [1.29, 1.82) is 0 Å². The lowest BCUT2D eigenvalue weighted by molar-refractivity contribution is -0.137. The third kappa shape index (κ3) is 18.4. The van der Waals surface area contributed by atoms with Crippen LogP contribution in [0.4, 0.5) is 9.59 Å². The van der Waals surface area contributed by atoms with E-state index in [2.05, 4.69) is 10.1 Å². The minimum atomic E-state index is -0.762. The fraction of sp³-hybridized carbons (Fsp3) is 0.609. The number of aliphatic carboxylic acids is 1. The number of carboxylic acid groups (broad SMARTS) is 1. The van der Waals surface area contributed by atoms with E-state index in [1.54, 1.807) is 12.0 Å². The highest BCUT2D eigenvalue weighted by molar-refractivity contribution is 5.68. The predicted octanol–water partition coefficient (Wildman–Crippen LogP) is 3.29. The van der Waals surface area contributed by atoms with Gasteiger partial charge in [-0.05, 0) is 32.8 Å². The number of carboxylic acids is 1. The molecule has 1 aliphatic heterocycles. The Hall–Kier alpha value is -2.85. The molecule has 0 aromatic heterocycles. The molecule has 0 saturated carbocycles. The SMILES string of the molecule is CNC(=O)OC(C)(C)C.COCCCC(=O)O.O=C(OCc1ccccc1)N1CCOCC1. The van der Waals surface area contributed by atoms with Crippen molar-refractivity contribution in [1.82, 2.24) is 10.2 Å². The largest absolute Gasteiger partial charge is 0.481 e. The third-order valence-electron chi connectivity index (χ3n) is 3.82. The lowest BCUT2D eigenvalue weighted by Gasteiger charge is -2.25. The van der Waals surface area contributed by atoms with E-state index in [1.807, 2.05) is 51.1 Å². The number of carbonyl (C=O) groups excluding carboxylic acids is 2. The van der Waals surface area contributed by atoms with Crippen LogP contribution in [0.1, 0.15) is 39.2 Å². The zero-order valence-electron chi connectivity index (χ0n) is 20.3. The second kappa shape index (κ2) is 17.7. The summed E-state index contributed by atoms with van der Waals surface area (Å²) in [5, 5.41) is 10.4. The fourth-order valence-corrected chi connectivity index (χ4v) is 2.25. The Bertz CT molecular complexity index is 671. The molecule has 0 aliphatic carbocycles. The van der Waals surface area contributed by atoms with Gasteiger partial charge in [-0.3, -0.25) is 4.79 Å². The number of rotatable bonds is 6. The molecule has 2 amide bonds. The van der Waals surface area contributed by atoms with Crippen molar-refractivity contribution >= 4 is 18.2 Å². The van der Waals surface area contributed by atoms with Gasteiger partial charge in [-0.25, -0.2) is 9.59 Å². The van der Waals surface area contributed by atoms with E-state index in [-0.39, 0.29) is 24.2 Å². The van der Waals surface area contributed by atoms with Crippen LogP contribution in [-0.4, -0.2) is 80.8 Å². The van der Waals surface area contributed by atoms with Crippen LogP contribution < -0.4 is 5.32 Å². The second-order valence-corrected chi connectivity index (χ2v) is 7.88. The van der Waals surface area contributed by atoms with E-state index >= 15 is 0 Å². The first-order valence-corrected chi connectivity index (χ1v) is 10.7. The first-order valence-electron chi connectivity index (χ1n) is 10.7. The Labute approximate surface area is 196 Å². The van der Waals surface area contributed by atoms with Gasteiger partial charge in [0.1, 0.15) is 12.2 Å². The van der Waals surface area contributed by atoms with Crippen LogP contribution in [0.5, 0.6) is 0 Å². The second-order valence-electron chi connectivity index (χ2n) is 7.88. The molecule has 1 aromatic carbocycles. The zero-order chi connectivity index (χ0) is 25.1. The van der Waals surface area contributed by atoms with Crippen LogP contribution in [-0.2, 0) is 30.3 Å². The van der Waals surface area contributed by atoms with Crippen LogP contribution in [0, 0.1) is 0 Å². The van der Waals surface area contributed by atoms with Crippen molar-refractivity contribution in [2.45, 2.75) is 45.8 Å². The summed E-state index contributed by atoms with van der Waals surface area (Å²) in [4.78, 5) is 33.6. The molecule has 1 heterocycles. The van der Waals surface area contributed by atoms with Crippen molar-refractivity contribution in [2.75, 3.05) is 47.1 Å². The van der Waals surface area contributed by atoms with Crippen molar-refractivity contribution in [2.24, 2.45) is 0 Å². The molecule has 10 heteroatoms. The minimum absolute atomic E-state index is 0.202. The Morgan fingerprint density at radius 3 is 2.18 bits per heavy atom. The summed E-state index contributed by atoms with van der Waals surface area (Å²) >= 11 is 0. The van der Waals surface area contributed by atoms with Gasteiger partial charge in [-0.2, -0.15) is 0 Å². The Kier molecular flexibility index (Phi) is 16.1. The van der Waals surface area contributed by atoms with E-state index in [0.29, 0.717) is 45.9 Å². The highest BCUT2D eigenvalue weighted by atomic mass is 16.6. The highest BCUT2D eigenvalue weighted by Gasteiger charge is 2.17. The summed E-state index contributed by atoms with van der Waals surface area (Å²) in [6.07, 6.45) is 0.161. The van der Waals surface area contributed by atoms with Gasteiger partial charge in [0.25, 0.3) is 0 Å². The average Bonchev–Trinajstić information content (AvgIpc) is 2.78. The number of alkyl carbamates (subject to hydrolysis) is 1. The average molecular weight is 471 g/mol. The molecule has 0 unspecified atom stereocenters. The Balaban J connectivity index is 0.000000516. The Morgan fingerprint density at radius 2 is 1.73 bits per heavy atom. The van der Waals surface area contributed by atoms with Crippen molar-refractivity contribution < 1.29 is 38.4 Å². The van der Waals surface area contributed by atoms with Gasteiger partial charge in [-0.15, -0.1) is 0 Å². The number of morpholine rings is 1. The third-order valence-corrected chi connectivity index (χ3v) is 3.82. The van der Waals surface area contributed by atoms with E-state index < -0.39 is 5.97 Å². The molecule has 33 heavy (non-hydrogen) atoms. The summed E-state index contributed by atoms with van der Waals surface area (Å²) in [5.41, 5.74) is 0.615. The molecule has 2 rings (SSSR count). The standard InChI is InChI=1S/C12H15NO3.C6H13NO2.C5H10O3/c14-12(13-6-8-15-9-7-13)16-10-11-4-2-1-3-5-11;1-6(2,3)9-5(8)7-4;1-8-4-2-3-5(6)7/h1-5H,6-10H2;1-4H3,(H,7,8);2-4H2,1H3,(H,6,7).